The van der Waals surface area contributed by atoms with Gasteiger partial charge in [0.1, 0.15) is 5.82 Å². The second kappa shape index (κ2) is 3.70. The van der Waals surface area contributed by atoms with E-state index in [-0.39, 0.29) is 25.0 Å². The normalized spacial score (nSPS) is 10.9. The number of hydrogen-bond acceptors (Lipinski definition) is 2. The van der Waals surface area contributed by atoms with Crippen molar-refractivity contribution in [3.63, 3.8) is 0 Å². The van der Waals surface area contributed by atoms with Crippen LogP contribution in [0.2, 0.25) is 10.0 Å². The Labute approximate surface area is 97.2 Å². The summed E-state index contributed by atoms with van der Waals surface area (Å²) in [7, 11) is 0. The summed E-state index contributed by atoms with van der Waals surface area (Å²) in [6.45, 7) is 0. The maximum atomic E-state index is 13.4. The third-order valence-corrected chi connectivity index (χ3v) is 3.77. The van der Waals surface area contributed by atoms with E-state index in [9.17, 15) is 13.6 Å². The molecule has 0 aliphatic carbocycles. The number of benzene rings is 1. The molecule has 0 atom stereocenters. The van der Waals surface area contributed by atoms with Crippen LogP contribution in [0.15, 0.2) is 6.07 Å². The van der Waals surface area contributed by atoms with E-state index < -0.39 is 11.6 Å². The average molecular weight is 267 g/mol. The molecule has 0 fully saturated rings. The molecule has 0 saturated carbocycles. The Morgan fingerprint density at radius 2 is 2.00 bits per heavy atom. The number of rotatable bonds is 1. The summed E-state index contributed by atoms with van der Waals surface area (Å²) in [4.78, 5) is 10.6. The molecule has 2 aromatic rings. The first kappa shape index (κ1) is 10.8. The zero-order valence-corrected chi connectivity index (χ0v) is 9.31. The molecule has 0 unspecified atom stereocenters. The fourth-order valence-corrected chi connectivity index (χ4v) is 2.84. The highest BCUT2D eigenvalue weighted by atomic mass is 35.5. The molecule has 1 nitrogen and oxygen atoms in total. The topological polar surface area (TPSA) is 17.1 Å². The second-order valence-corrected chi connectivity index (χ2v) is 4.59. The van der Waals surface area contributed by atoms with E-state index in [1.165, 1.54) is 0 Å². The van der Waals surface area contributed by atoms with Gasteiger partial charge in [0.2, 0.25) is 0 Å². The Balaban J connectivity index is 2.99. The molecule has 0 radical (unpaired) electrons. The minimum Gasteiger partial charge on any atom is -0.297 e. The fraction of sp³-hybridized carbons (Fsp3) is 0. The zero-order chi connectivity index (χ0) is 11.2. The van der Waals surface area contributed by atoms with E-state index >= 15 is 0 Å². The van der Waals surface area contributed by atoms with Crippen LogP contribution in [0, 0.1) is 11.6 Å². The highest BCUT2D eigenvalue weighted by molar-refractivity contribution is 7.21. The molecule has 0 amide bonds. The van der Waals surface area contributed by atoms with Crippen molar-refractivity contribution in [3.8, 4) is 0 Å². The molecule has 15 heavy (non-hydrogen) atoms. The highest BCUT2D eigenvalue weighted by Crippen LogP contribution is 2.39. The van der Waals surface area contributed by atoms with Gasteiger partial charge in [-0.2, -0.15) is 0 Å². The number of hydrogen-bond donors (Lipinski definition) is 0. The second-order valence-electron chi connectivity index (χ2n) is 2.76. The number of aldehydes is 1. The van der Waals surface area contributed by atoms with Crippen LogP contribution in [-0.2, 0) is 0 Å². The van der Waals surface area contributed by atoms with E-state index in [1.807, 2.05) is 0 Å². The lowest BCUT2D eigenvalue weighted by molar-refractivity contribution is 0.112. The quantitative estimate of drug-likeness (QED) is 0.556. The van der Waals surface area contributed by atoms with Crippen LogP contribution in [0.4, 0.5) is 8.78 Å². The maximum Gasteiger partial charge on any atom is 0.161 e. The van der Waals surface area contributed by atoms with Crippen LogP contribution in [0.5, 0.6) is 0 Å². The molecule has 2 rings (SSSR count). The van der Waals surface area contributed by atoms with E-state index in [0.717, 1.165) is 17.4 Å². The number of carbonyl (C=O) groups is 1. The standard InChI is InChI=1S/C9H2Cl2F2OS/c10-3-1-4(12)6-7(11)5(2-14)15-9(6)8(3)13/h1-2H. The Morgan fingerprint density at radius 3 is 2.60 bits per heavy atom. The van der Waals surface area contributed by atoms with Crippen LogP contribution in [0.3, 0.4) is 0 Å². The van der Waals surface area contributed by atoms with Crippen LogP contribution in [0.25, 0.3) is 10.1 Å². The summed E-state index contributed by atoms with van der Waals surface area (Å²) in [5.74, 6) is -1.49. The predicted octanol–water partition coefficient (Wildman–Crippen LogP) is 4.30. The SMILES string of the molecule is O=Cc1sc2c(F)c(Cl)cc(F)c2c1Cl. The van der Waals surface area contributed by atoms with Gasteiger partial charge in [0, 0.05) is 0 Å². The van der Waals surface area contributed by atoms with Crippen LogP contribution in [-0.4, -0.2) is 6.29 Å². The molecular weight excluding hydrogens is 265 g/mol. The largest absolute Gasteiger partial charge is 0.297 e. The van der Waals surface area contributed by atoms with Gasteiger partial charge in [0.25, 0.3) is 0 Å². The molecular formula is C9H2Cl2F2OS. The minimum absolute atomic E-state index is 0.0351. The van der Waals surface area contributed by atoms with Gasteiger partial charge in [-0.3, -0.25) is 4.79 Å². The average Bonchev–Trinajstić information content (AvgIpc) is 2.53. The van der Waals surface area contributed by atoms with Crippen molar-refractivity contribution in [1.82, 2.24) is 0 Å². The first-order chi connectivity index (χ1) is 7.06. The van der Waals surface area contributed by atoms with Crippen molar-refractivity contribution in [2.45, 2.75) is 0 Å². The minimum atomic E-state index is -0.756. The molecule has 0 aliphatic rings. The molecule has 1 heterocycles. The Bertz CT molecular complexity index is 565. The molecule has 0 aliphatic heterocycles. The van der Waals surface area contributed by atoms with Crippen LogP contribution >= 0.6 is 34.5 Å². The molecule has 1 aromatic heterocycles. The van der Waals surface area contributed by atoms with Crippen molar-refractivity contribution < 1.29 is 13.6 Å². The van der Waals surface area contributed by atoms with Crippen molar-refractivity contribution in [1.29, 1.82) is 0 Å². The number of halogens is 4. The Hall–Kier alpha value is -0.710. The summed E-state index contributed by atoms with van der Waals surface area (Å²) < 4.78 is 26.8. The van der Waals surface area contributed by atoms with Crippen LogP contribution in [0.1, 0.15) is 9.67 Å². The van der Waals surface area contributed by atoms with Crippen molar-refractivity contribution in [3.05, 3.63) is 32.6 Å². The molecule has 0 saturated heterocycles. The van der Waals surface area contributed by atoms with Gasteiger partial charge in [0.15, 0.2) is 12.1 Å². The van der Waals surface area contributed by atoms with E-state index in [1.54, 1.807) is 0 Å². The van der Waals surface area contributed by atoms with Gasteiger partial charge in [-0.15, -0.1) is 11.3 Å². The third kappa shape index (κ3) is 1.53. The zero-order valence-electron chi connectivity index (χ0n) is 6.98. The summed E-state index contributed by atoms with van der Waals surface area (Å²) in [6, 6.07) is 0.840. The predicted molar refractivity (Wildman–Crippen MR) is 57.1 cm³/mol. The van der Waals surface area contributed by atoms with Gasteiger partial charge >= 0.3 is 0 Å². The third-order valence-electron chi connectivity index (χ3n) is 1.88. The van der Waals surface area contributed by atoms with E-state index in [2.05, 4.69) is 0 Å². The van der Waals surface area contributed by atoms with Gasteiger partial charge in [-0.05, 0) is 6.07 Å². The number of fused-ring (bicyclic) bond motifs is 1. The van der Waals surface area contributed by atoms with Gasteiger partial charge < -0.3 is 0 Å². The van der Waals surface area contributed by atoms with Crippen molar-refractivity contribution in [2.24, 2.45) is 0 Å². The first-order valence-electron chi connectivity index (χ1n) is 3.77. The summed E-state index contributed by atoms with van der Waals surface area (Å²) in [5, 5.41) is -0.487. The Kier molecular flexibility index (Phi) is 2.66. The molecule has 1 aromatic carbocycles. The van der Waals surface area contributed by atoms with Gasteiger partial charge in [-0.1, -0.05) is 23.2 Å². The molecule has 0 spiro atoms. The maximum absolute atomic E-state index is 13.4. The van der Waals surface area contributed by atoms with E-state index in [4.69, 9.17) is 23.2 Å². The smallest absolute Gasteiger partial charge is 0.161 e. The monoisotopic (exact) mass is 266 g/mol. The molecule has 6 heteroatoms. The first-order valence-corrected chi connectivity index (χ1v) is 5.34. The fourth-order valence-electron chi connectivity index (χ4n) is 1.23. The lowest BCUT2D eigenvalue weighted by Gasteiger charge is -1.97. The summed E-state index contributed by atoms with van der Waals surface area (Å²) in [6.07, 6.45) is 0.458. The lowest BCUT2D eigenvalue weighted by atomic mass is 10.2. The molecule has 78 valence electrons. The van der Waals surface area contributed by atoms with Gasteiger partial charge in [0.05, 0.1) is 25.0 Å². The lowest BCUT2D eigenvalue weighted by Crippen LogP contribution is -1.82. The van der Waals surface area contributed by atoms with E-state index in [0.29, 0.717) is 6.29 Å². The van der Waals surface area contributed by atoms with Gasteiger partial charge in [-0.25, -0.2) is 8.78 Å². The molecule has 0 N–H and O–H groups in total. The number of carbonyl (C=O) groups excluding carboxylic acids is 1. The highest BCUT2D eigenvalue weighted by Gasteiger charge is 2.19. The molecule has 0 bridgehead atoms. The van der Waals surface area contributed by atoms with Crippen molar-refractivity contribution in [2.75, 3.05) is 0 Å². The van der Waals surface area contributed by atoms with Crippen LogP contribution < -0.4 is 0 Å². The Morgan fingerprint density at radius 1 is 1.33 bits per heavy atom. The number of thiophene rings is 1. The van der Waals surface area contributed by atoms with Crippen molar-refractivity contribution >= 4 is 50.9 Å². The summed E-state index contributed by atoms with van der Waals surface area (Å²) in [5.41, 5.74) is 0. The summed E-state index contributed by atoms with van der Waals surface area (Å²) >= 11 is 12.0.